The summed E-state index contributed by atoms with van der Waals surface area (Å²) in [6.07, 6.45) is 4.30. The maximum atomic E-state index is 9.23. The van der Waals surface area contributed by atoms with Crippen LogP contribution in [-0.2, 0) is 19.4 Å². The van der Waals surface area contributed by atoms with E-state index >= 15 is 0 Å². The molecule has 1 heteroatoms. The van der Waals surface area contributed by atoms with Crippen LogP contribution < -0.4 is 0 Å². The van der Waals surface area contributed by atoms with E-state index in [0.717, 1.165) is 18.4 Å². The van der Waals surface area contributed by atoms with Gasteiger partial charge in [-0.25, -0.2) is 0 Å². The Bertz CT molecular complexity index is 582. The maximum Gasteiger partial charge on any atom is 0.0682 e. The molecule has 90 valence electrons. The minimum atomic E-state index is 0.117. The van der Waals surface area contributed by atoms with Gasteiger partial charge in [0.2, 0.25) is 0 Å². The fourth-order valence-corrected chi connectivity index (χ4v) is 2.53. The van der Waals surface area contributed by atoms with E-state index in [1.54, 1.807) is 0 Å². The van der Waals surface area contributed by atoms with Crippen molar-refractivity contribution in [1.29, 1.82) is 0 Å². The molecule has 0 spiro atoms. The molecule has 0 saturated heterocycles. The summed E-state index contributed by atoms with van der Waals surface area (Å²) in [5, 5.41) is 9.23. The Balaban J connectivity index is 1.89. The van der Waals surface area contributed by atoms with Crippen LogP contribution in [0.3, 0.4) is 0 Å². The van der Waals surface area contributed by atoms with Crippen molar-refractivity contribution in [2.75, 3.05) is 0 Å². The third-order valence-corrected chi connectivity index (χ3v) is 3.51. The van der Waals surface area contributed by atoms with Gasteiger partial charge in [-0.15, -0.1) is 0 Å². The zero-order chi connectivity index (χ0) is 12.4. The van der Waals surface area contributed by atoms with Gasteiger partial charge < -0.3 is 5.11 Å². The van der Waals surface area contributed by atoms with Gasteiger partial charge in [-0.1, -0.05) is 48.5 Å². The summed E-state index contributed by atoms with van der Waals surface area (Å²) in [6.45, 7) is 0.117. The molecular weight excluding hydrogens is 220 g/mol. The highest BCUT2D eigenvalue weighted by Gasteiger charge is 2.14. The lowest BCUT2D eigenvalue weighted by atomic mass is 9.98. The topological polar surface area (TPSA) is 20.2 Å². The van der Waals surface area contributed by atoms with Crippen molar-refractivity contribution in [1.82, 2.24) is 0 Å². The largest absolute Gasteiger partial charge is 0.392 e. The van der Waals surface area contributed by atoms with Crippen LogP contribution >= 0.6 is 0 Å². The average Bonchev–Trinajstić information content (AvgIpc) is 2.82. The van der Waals surface area contributed by atoms with Crippen LogP contribution in [-0.4, -0.2) is 5.11 Å². The van der Waals surface area contributed by atoms with Crippen LogP contribution in [0.5, 0.6) is 0 Å². The van der Waals surface area contributed by atoms with Crippen molar-refractivity contribution in [3.63, 3.8) is 0 Å². The van der Waals surface area contributed by atoms with Crippen molar-refractivity contribution in [3.8, 4) is 0 Å². The molecule has 1 aliphatic carbocycles. The molecule has 1 N–H and O–H groups in total. The van der Waals surface area contributed by atoms with E-state index < -0.39 is 0 Å². The lowest BCUT2D eigenvalue weighted by Gasteiger charge is -2.08. The van der Waals surface area contributed by atoms with Gasteiger partial charge in [0.05, 0.1) is 6.61 Å². The van der Waals surface area contributed by atoms with Gasteiger partial charge in [0.15, 0.2) is 0 Å². The van der Waals surface area contributed by atoms with Crippen LogP contribution in [0.2, 0.25) is 0 Å². The van der Waals surface area contributed by atoms with Crippen molar-refractivity contribution in [3.05, 3.63) is 76.9 Å². The summed E-state index contributed by atoms with van der Waals surface area (Å²) in [5.74, 6) is 0. The molecule has 0 saturated carbocycles. The van der Waals surface area contributed by atoms with Crippen LogP contribution in [0, 0.1) is 0 Å². The highest BCUT2D eigenvalue weighted by atomic mass is 16.3. The smallest absolute Gasteiger partial charge is 0.0682 e. The van der Waals surface area contributed by atoms with E-state index in [1.807, 2.05) is 12.1 Å². The van der Waals surface area contributed by atoms with Crippen LogP contribution in [0.4, 0.5) is 0 Å². The number of benzene rings is 2. The highest BCUT2D eigenvalue weighted by molar-refractivity contribution is 5.75. The van der Waals surface area contributed by atoms with E-state index in [1.165, 1.54) is 22.3 Å². The molecule has 1 aliphatic rings. The molecular formula is C17H16O. The molecule has 0 aliphatic heterocycles. The number of aliphatic hydroxyl groups is 1. The van der Waals surface area contributed by atoms with E-state index in [-0.39, 0.29) is 6.61 Å². The zero-order valence-electron chi connectivity index (χ0n) is 10.3. The SMILES string of the molecule is OCc1ccc2c(c1)C(Cc1ccccc1)=CC2. The van der Waals surface area contributed by atoms with Gasteiger partial charge >= 0.3 is 0 Å². The second-order valence-electron chi connectivity index (χ2n) is 4.75. The summed E-state index contributed by atoms with van der Waals surface area (Å²) >= 11 is 0. The summed E-state index contributed by atoms with van der Waals surface area (Å²) < 4.78 is 0. The first-order valence-electron chi connectivity index (χ1n) is 6.33. The lowest BCUT2D eigenvalue weighted by molar-refractivity contribution is 0.282. The minimum Gasteiger partial charge on any atom is -0.392 e. The van der Waals surface area contributed by atoms with E-state index in [0.29, 0.717) is 0 Å². The Morgan fingerprint density at radius 2 is 1.78 bits per heavy atom. The van der Waals surface area contributed by atoms with Gasteiger partial charge in [0.25, 0.3) is 0 Å². The quantitative estimate of drug-likeness (QED) is 0.866. The first-order chi connectivity index (χ1) is 8.86. The van der Waals surface area contributed by atoms with Crippen LogP contribution in [0.25, 0.3) is 5.57 Å². The zero-order valence-corrected chi connectivity index (χ0v) is 10.3. The summed E-state index contributed by atoms with van der Waals surface area (Å²) in [6, 6.07) is 16.8. The highest BCUT2D eigenvalue weighted by Crippen LogP contribution is 2.30. The molecule has 0 atom stereocenters. The summed E-state index contributed by atoms with van der Waals surface area (Å²) in [5.41, 5.74) is 6.40. The second kappa shape index (κ2) is 4.79. The standard InChI is InChI=1S/C17H16O/c18-12-14-6-7-15-8-9-16(17(15)11-14)10-13-4-2-1-3-5-13/h1-7,9,11,18H,8,10,12H2. The molecule has 3 rings (SSSR count). The predicted octanol–water partition coefficient (Wildman–Crippen LogP) is 3.36. The Kier molecular flexibility index (Phi) is 2.99. The molecule has 0 radical (unpaired) electrons. The van der Waals surface area contributed by atoms with Gasteiger partial charge in [-0.2, -0.15) is 0 Å². The lowest BCUT2D eigenvalue weighted by Crippen LogP contribution is -1.92. The Labute approximate surface area is 107 Å². The molecule has 0 bridgehead atoms. The molecule has 0 unspecified atom stereocenters. The second-order valence-corrected chi connectivity index (χ2v) is 4.75. The summed E-state index contributed by atoms with van der Waals surface area (Å²) in [7, 11) is 0. The van der Waals surface area contributed by atoms with E-state index in [9.17, 15) is 5.11 Å². The average molecular weight is 236 g/mol. The first-order valence-corrected chi connectivity index (χ1v) is 6.33. The molecule has 1 nitrogen and oxygen atoms in total. The molecule has 0 heterocycles. The molecule has 0 fully saturated rings. The Morgan fingerprint density at radius 3 is 2.56 bits per heavy atom. The third-order valence-electron chi connectivity index (χ3n) is 3.51. The molecule has 0 aromatic heterocycles. The van der Waals surface area contributed by atoms with Gasteiger partial charge in [-0.3, -0.25) is 0 Å². The number of aliphatic hydroxyl groups excluding tert-OH is 1. The monoisotopic (exact) mass is 236 g/mol. The molecule has 18 heavy (non-hydrogen) atoms. The predicted molar refractivity (Wildman–Crippen MR) is 74.2 cm³/mol. The number of allylic oxidation sites excluding steroid dienone is 2. The Hall–Kier alpha value is -1.86. The van der Waals surface area contributed by atoms with Crippen LogP contribution in [0.1, 0.15) is 22.3 Å². The number of hydrogen-bond acceptors (Lipinski definition) is 1. The molecule has 0 amide bonds. The number of fused-ring (bicyclic) bond motifs is 1. The number of hydrogen-bond donors (Lipinski definition) is 1. The van der Waals surface area contributed by atoms with Gasteiger partial charge in [-0.05, 0) is 46.7 Å². The van der Waals surface area contributed by atoms with Crippen molar-refractivity contribution < 1.29 is 5.11 Å². The van der Waals surface area contributed by atoms with Crippen LogP contribution in [0.15, 0.2) is 54.6 Å². The first kappa shape index (κ1) is 11.2. The summed E-state index contributed by atoms with van der Waals surface area (Å²) in [4.78, 5) is 0. The van der Waals surface area contributed by atoms with Crippen molar-refractivity contribution in [2.24, 2.45) is 0 Å². The van der Waals surface area contributed by atoms with Crippen molar-refractivity contribution in [2.45, 2.75) is 19.4 Å². The van der Waals surface area contributed by atoms with E-state index in [4.69, 9.17) is 0 Å². The number of rotatable bonds is 3. The fraction of sp³-hybridized carbons (Fsp3) is 0.176. The minimum absolute atomic E-state index is 0.117. The normalized spacial score (nSPS) is 13.3. The molecule has 2 aromatic rings. The Morgan fingerprint density at radius 1 is 0.944 bits per heavy atom. The fourth-order valence-electron chi connectivity index (χ4n) is 2.53. The third kappa shape index (κ3) is 2.09. The van der Waals surface area contributed by atoms with Crippen molar-refractivity contribution >= 4 is 5.57 Å². The van der Waals surface area contributed by atoms with Gasteiger partial charge in [0.1, 0.15) is 0 Å². The molecule has 2 aromatic carbocycles. The van der Waals surface area contributed by atoms with E-state index in [2.05, 4.69) is 42.5 Å². The maximum absolute atomic E-state index is 9.23. The van der Waals surface area contributed by atoms with Gasteiger partial charge in [0, 0.05) is 0 Å².